The Morgan fingerprint density at radius 2 is 1.90 bits per heavy atom. The van der Waals surface area contributed by atoms with Crippen molar-refractivity contribution in [1.82, 2.24) is 0 Å². The van der Waals surface area contributed by atoms with Crippen LogP contribution in [0.3, 0.4) is 0 Å². The summed E-state index contributed by atoms with van der Waals surface area (Å²) in [4.78, 5) is 12.1. The molecule has 4 rings (SSSR count). The molecular weight excluding hydrogens is 252 g/mol. The van der Waals surface area contributed by atoms with Gasteiger partial charge in [-0.15, -0.1) is 0 Å². The standard InChI is InChI=1S/C17H16O3/c1-17-7-12(11-5-3-2-4-6-11)15-13(8-20-16(15)18)14(17)9-19-10-17/h2-6H,7-10H2,1H3. The number of ether oxygens (including phenoxy) is 2. The molecule has 0 spiro atoms. The van der Waals surface area contributed by atoms with Crippen LogP contribution in [0.15, 0.2) is 47.1 Å². The molecule has 1 unspecified atom stereocenters. The summed E-state index contributed by atoms with van der Waals surface area (Å²) in [6, 6.07) is 10.1. The fourth-order valence-corrected chi connectivity index (χ4v) is 3.56. The Morgan fingerprint density at radius 1 is 1.10 bits per heavy atom. The Morgan fingerprint density at radius 3 is 2.70 bits per heavy atom. The number of cyclic esters (lactones) is 1. The minimum absolute atomic E-state index is 0.0119. The fourth-order valence-electron chi connectivity index (χ4n) is 3.56. The number of benzene rings is 1. The first-order valence-electron chi connectivity index (χ1n) is 6.95. The van der Waals surface area contributed by atoms with Crippen molar-refractivity contribution in [2.45, 2.75) is 13.3 Å². The van der Waals surface area contributed by atoms with Gasteiger partial charge in [-0.05, 0) is 23.1 Å². The van der Waals surface area contributed by atoms with Crippen LogP contribution in [-0.4, -0.2) is 25.8 Å². The maximum absolute atomic E-state index is 12.1. The van der Waals surface area contributed by atoms with Crippen molar-refractivity contribution in [3.63, 3.8) is 0 Å². The van der Waals surface area contributed by atoms with Crippen molar-refractivity contribution in [2.24, 2.45) is 5.41 Å². The Hall–Kier alpha value is -1.87. The fraction of sp³-hybridized carbons (Fsp3) is 0.353. The molecule has 2 heterocycles. The molecule has 3 aliphatic rings. The summed E-state index contributed by atoms with van der Waals surface area (Å²) in [6.07, 6.45) is 0.847. The summed E-state index contributed by atoms with van der Waals surface area (Å²) in [5.74, 6) is -0.180. The molecule has 0 bridgehead atoms. The lowest BCUT2D eigenvalue weighted by Gasteiger charge is -2.31. The highest BCUT2D eigenvalue weighted by molar-refractivity contribution is 6.05. The van der Waals surface area contributed by atoms with E-state index >= 15 is 0 Å². The normalized spacial score (nSPS) is 28.6. The maximum Gasteiger partial charge on any atom is 0.339 e. The number of carbonyl (C=O) groups excluding carboxylic acids is 1. The third-order valence-electron chi connectivity index (χ3n) is 4.60. The van der Waals surface area contributed by atoms with E-state index in [-0.39, 0.29) is 11.4 Å². The summed E-state index contributed by atoms with van der Waals surface area (Å²) in [6.45, 7) is 3.99. The Balaban J connectivity index is 1.95. The molecule has 2 saturated heterocycles. The van der Waals surface area contributed by atoms with Crippen LogP contribution >= 0.6 is 0 Å². The van der Waals surface area contributed by atoms with Crippen LogP contribution in [0, 0.1) is 5.41 Å². The van der Waals surface area contributed by atoms with Crippen molar-refractivity contribution in [2.75, 3.05) is 19.8 Å². The highest BCUT2D eigenvalue weighted by Gasteiger charge is 2.46. The summed E-state index contributed by atoms with van der Waals surface area (Å²) < 4.78 is 11.0. The molecular formula is C17H16O3. The smallest absolute Gasteiger partial charge is 0.339 e. The quantitative estimate of drug-likeness (QED) is 0.735. The number of fused-ring (bicyclic) bond motifs is 2. The zero-order chi connectivity index (χ0) is 13.7. The second-order valence-corrected chi connectivity index (χ2v) is 5.98. The average molecular weight is 268 g/mol. The van der Waals surface area contributed by atoms with E-state index in [9.17, 15) is 4.79 Å². The van der Waals surface area contributed by atoms with Crippen LogP contribution < -0.4 is 0 Å². The molecule has 0 saturated carbocycles. The van der Waals surface area contributed by atoms with Crippen molar-refractivity contribution >= 4 is 11.5 Å². The SMILES string of the molecule is CC12COCC1=C1COC(=O)C1=C(c1ccccc1)C2. The average Bonchev–Trinajstić information content (AvgIpc) is 3.02. The Labute approximate surface area is 117 Å². The largest absolute Gasteiger partial charge is 0.457 e. The molecule has 102 valence electrons. The van der Waals surface area contributed by atoms with Crippen LogP contribution in [0.2, 0.25) is 0 Å². The molecule has 0 aromatic heterocycles. The molecule has 2 aliphatic heterocycles. The summed E-state index contributed by atoms with van der Waals surface area (Å²) >= 11 is 0. The van der Waals surface area contributed by atoms with Gasteiger partial charge in [-0.2, -0.15) is 0 Å². The van der Waals surface area contributed by atoms with Crippen LogP contribution in [-0.2, 0) is 14.3 Å². The van der Waals surface area contributed by atoms with Gasteiger partial charge < -0.3 is 9.47 Å². The molecule has 0 N–H and O–H groups in total. The first-order valence-corrected chi connectivity index (χ1v) is 6.95. The second kappa shape index (κ2) is 4.06. The van der Waals surface area contributed by atoms with Gasteiger partial charge in [0.25, 0.3) is 0 Å². The summed E-state index contributed by atoms with van der Waals surface area (Å²) in [7, 11) is 0. The van der Waals surface area contributed by atoms with Gasteiger partial charge in [-0.25, -0.2) is 4.79 Å². The van der Waals surface area contributed by atoms with E-state index in [2.05, 4.69) is 19.1 Å². The molecule has 1 aromatic carbocycles. The lowest BCUT2D eigenvalue weighted by molar-refractivity contribution is -0.134. The molecule has 0 amide bonds. The lowest BCUT2D eigenvalue weighted by Crippen LogP contribution is -2.25. The van der Waals surface area contributed by atoms with Gasteiger partial charge in [0.1, 0.15) is 6.61 Å². The van der Waals surface area contributed by atoms with E-state index in [0.717, 1.165) is 35.3 Å². The number of allylic oxidation sites excluding steroid dienone is 1. The zero-order valence-electron chi connectivity index (χ0n) is 11.4. The Kier molecular flexibility index (Phi) is 2.42. The molecule has 2 fully saturated rings. The molecule has 3 nitrogen and oxygen atoms in total. The maximum atomic E-state index is 12.1. The molecule has 20 heavy (non-hydrogen) atoms. The van der Waals surface area contributed by atoms with Gasteiger partial charge in [0, 0.05) is 11.0 Å². The monoisotopic (exact) mass is 268 g/mol. The topological polar surface area (TPSA) is 35.5 Å². The van der Waals surface area contributed by atoms with Gasteiger partial charge in [0.05, 0.1) is 18.8 Å². The van der Waals surface area contributed by atoms with E-state index in [0.29, 0.717) is 13.2 Å². The predicted octanol–water partition coefficient (Wildman–Crippen LogP) is 2.73. The van der Waals surface area contributed by atoms with Gasteiger partial charge in [0.2, 0.25) is 0 Å². The summed E-state index contributed by atoms with van der Waals surface area (Å²) in [5, 5.41) is 0. The molecule has 1 aromatic rings. The number of carbonyl (C=O) groups is 1. The second-order valence-electron chi connectivity index (χ2n) is 5.98. The van der Waals surface area contributed by atoms with E-state index in [1.807, 2.05) is 18.2 Å². The van der Waals surface area contributed by atoms with Crippen molar-refractivity contribution in [3.8, 4) is 0 Å². The first kappa shape index (κ1) is 11.9. The van der Waals surface area contributed by atoms with Crippen LogP contribution in [0.4, 0.5) is 0 Å². The van der Waals surface area contributed by atoms with Gasteiger partial charge in [-0.1, -0.05) is 37.3 Å². The molecule has 1 atom stereocenters. The van der Waals surface area contributed by atoms with E-state index in [4.69, 9.17) is 9.47 Å². The van der Waals surface area contributed by atoms with E-state index < -0.39 is 0 Å². The van der Waals surface area contributed by atoms with Gasteiger partial charge in [-0.3, -0.25) is 0 Å². The van der Waals surface area contributed by atoms with Crippen LogP contribution in [0.5, 0.6) is 0 Å². The van der Waals surface area contributed by atoms with Gasteiger partial charge >= 0.3 is 5.97 Å². The van der Waals surface area contributed by atoms with Crippen molar-refractivity contribution in [3.05, 3.63) is 52.6 Å². The number of rotatable bonds is 1. The minimum atomic E-state index is -0.180. The van der Waals surface area contributed by atoms with Crippen molar-refractivity contribution in [1.29, 1.82) is 0 Å². The third kappa shape index (κ3) is 1.53. The van der Waals surface area contributed by atoms with E-state index in [1.54, 1.807) is 0 Å². The highest BCUT2D eigenvalue weighted by atomic mass is 16.5. The van der Waals surface area contributed by atoms with E-state index in [1.165, 1.54) is 5.57 Å². The first-order chi connectivity index (χ1) is 9.69. The minimum Gasteiger partial charge on any atom is -0.457 e. The summed E-state index contributed by atoms with van der Waals surface area (Å²) in [5.41, 5.74) is 5.36. The number of hydrogen-bond donors (Lipinski definition) is 0. The third-order valence-corrected chi connectivity index (χ3v) is 4.60. The van der Waals surface area contributed by atoms with Gasteiger partial charge in [0.15, 0.2) is 0 Å². The van der Waals surface area contributed by atoms with Crippen molar-refractivity contribution < 1.29 is 14.3 Å². The molecule has 1 aliphatic carbocycles. The lowest BCUT2D eigenvalue weighted by atomic mass is 9.69. The zero-order valence-corrected chi connectivity index (χ0v) is 11.4. The van der Waals surface area contributed by atoms with Crippen LogP contribution in [0.25, 0.3) is 5.57 Å². The number of esters is 1. The Bertz CT molecular complexity index is 654. The predicted molar refractivity (Wildman–Crippen MR) is 74.9 cm³/mol. The van der Waals surface area contributed by atoms with Crippen LogP contribution in [0.1, 0.15) is 18.9 Å². The molecule has 3 heteroatoms. The number of hydrogen-bond acceptors (Lipinski definition) is 3. The highest BCUT2D eigenvalue weighted by Crippen LogP contribution is 2.51. The molecule has 0 radical (unpaired) electrons.